The van der Waals surface area contributed by atoms with Gasteiger partial charge in [-0.15, -0.1) is 24.0 Å². The molecule has 0 amide bonds. The fraction of sp³-hybridized carbons (Fsp3) is 0.562. The molecular weight excluding hydrogens is 512 g/mol. The van der Waals surface area contributed by atoms with Crippen LogP contribution in [0.1, 0.15) is 12.0 Å². The second-order valence-electron chi connectivity index (χ2n) is 5.97. The van der Waals surface area contributed by atoms with E-state index in [0.717, 1.165) is 5.56 Å². The fourth-order valence-corrected chi connectivity index (χ4v) is 4.05. The van der Waals surface area contributed by atoms with E-state index in [0.29, 0.717) is 38.6 Å². The molecule has 1 saturated heterocycles. The van der Waals surface area contributed by atoms with Crippen LogP contribution >= 0.6 is 24.0 Å². The molecule has 0 atom stereocenters. The molecule has 1 aromatic carbocycles. The van der Waals surface area contributed by atoms with Gasteiger partial charge >= 0.3 is 6.18 Å². The van der Waals surface area contributed by atoms with Gasteiger partial charge in [-0.3, -0.25) is 4.99 Å². The van der Waals surface area contributed by atoms with Crippen molar-refractivity contribution in [2.75, 3.05) is 39.0 Å². The smallest absolute Gasteiger partial charge is 0.422 e. The van der Waals surface area contributed by atoms with Gasteiger partial charge in [-0.25, -0.2) is 12.7 Å². The Labute approximate surface area is 179 Å². The number of benzene rings is 1. The normalized spacial score (nSPS) is 17.1. The molecule has 1 aliphatic rings. The molecule has 1 heterocycles. The third-order valence-electron chi connectivity index (χ3n) is 3.87. The van der Waals surface area contributed by atoms with Crippen LogP contribution in [0.5, 0.6) is 5.75 Å². The molecule has 0 radical (unpaired) electrons. The molecule has 2 N–H and O–H groups in total. The highest BCUT2D eigenvalue weighted by Gasteiger charge is 2.28. The summed E-state index contributed by atoms with van der Waals surface area (Å²) in [6, 6.07) is 6.25. The Hall–Kier alpha value is -1.28. The van der Waals surface area contributed by atoms with Gasteiger partial charge in [-0.05, 0) is 24.1 Å². The Morgan fingerprint density at radius 2 is 1.93 bits per heavy atom. The first-order valence-corrected chi connectivity index (χ1v) is 10.0. The molecule has 0 unspecified atom stereocenters. The predicted octanol–water partition coefficient (Wildman–Crippen LogP) is 1.95. The van der Waals surface area contributed by atoms with Gasteiger partial charge in [0.2, 0.25) is 10.0 Å². The number of hydrogen-bond acceptors (Lipinski definition) is 4. The molecule has 28 heavy (non-hydrogen) atoms. The van der Waals surface area contributed by atoms with Crippen molar-refractivity contribution in [1.29, 1.82) is 0 Å². The van der Waals surface area contributed by atoms with Gasteiger partial charge in [0.25, 0.3) is 0 Å². The number of nitrogens with one attached hydrogen (secondary N) is 2. The monoisotopic (exact) mass is 536 g/mol. The highest BCUT2D eigenvalue weighted by Crippen LogP contribution is 2.18. The average Bonchev–Trinajstić information content (AvgIpc) is 2.94. The van der Waals surface area contributed by atoms with Crippen LogP contribution in [0, 0.1) is 0 Å². The lowest BCUT2D eigenvalue weighted by Crippen LogP contribution is -2.41. The minimum Gasteiger partial charge on any atom is -0.484 e. The summed E-state index contributed by atoms with van der Waals surface area (Å²) in [5.74, 6) is 0.845. The Kier molecular flexibility index (Phi) is 9.77. The van der Waals surface area contributed by atoms with Crippen molar-refractivity contribution in [3.05, 3.63) is 29.8 Å². The number of halogens is 4. The molecule has 160 valence electrons. The van der Waals surface area contributed by atoms with Crippen LogP contribution in [-0.2, 0) is 16.6 Å². The SMILES string of the molecule is CN=C(NCCN1CCCS1(=O)=O)NCc1ccc(OCC(F)(F)F)cc1.I. The van der Waals surface area contributed by atoms with E-state index in [9.17, 15) is 21.6 Å². The quantitative estimate of drug-likeness (QED) is 0.317. The van der Waals surface area contributed by atoms with Crippen molar-refractivity contribution in [2.24, 2.45) is 4.99 Å². The van der Waals surface area contributed by atoms with E-state index in [1.54, 1.807) is 19.2 Å². The van der Waals surface area contributed by atoms with Gasteiger partial charge in [0.05, 0.1) is 5.75 Å². The molecule has 1 aliphatic heterocycles. The lowest BCUT2D eigenvalue weighted by molar-refractivity contribution is -0.153. The largest absolute Gasteiger partial charge is 0.484 e. The number of ether oxygens (including phenoxy) is 1. The highest BCUT2D eigenvalue weighted by molar-refractivity contribution is 14.0. The summed E-state index contributed by atoms with van der Waals surface area (Å²) < 4.78 is 65.9. The number of rotatable bonds is 7. The number of sulfonamides is 1. The molecule has 2 rings (SSSR count). The Morgan fingerprint density at radius 1 is 1.25 bits per heavy atom. The van der Waals surface area contributed by atoms with Gasteiger partial charge in [0.1, 0.15) is 5.75 Å². The van der Waals surface area contributed by atoms with Gasteiger partial charge in [-0.1, -0.05) is 12.1 Å². The summed E-state index contributed by atoms with van der Waals surface area (Å²) in [5.41, 5.74) is 0.833. The lowest BCUT2D eigenvalue weighted by atomic mass is 10.2. The minimum absolute atomic E-state index is 0. The van der Waals surface area contributed by atoms with Crippen LogP contribution in [0.25, 0.3) is 0 Å². The lowest BCUT2D eigenvalue weighted by Gasteiger charge is -2.16. The number of nitrogens with zero attached hydrogens (tertiary/aromatic N) is 2. The average molecular weight is 536 g/mol. The Balaban J connectivity index is 0.00000392. The van der Waals surface area contributed by atoms with Gasteiger partial charge in [0, 0.05) is 33.2 Å². The molecule has 0 aromatic heterocycles. The molecule has 1 aromatic rings. The van der Waals surface area contributed by atoms with E-state index in [2.05, 4.69) is 20.4 Å². The van der Waals surface area contributed by atoms with Gasteiger partial charge < -0.3 is 15.4 Å². The summed E-state index contributed by atoms with van der Waals surface area (Å²) in [4.78, 5) is 4.05. The topological polar surface area (TPSA) is 83.0 Å². The molecule has 12 heteroatoms. The van der Waals surface area contributed by atoms with Crippen molar-refractivity contribution >= 4 is 40.0 Å². The zero-order valence-corrected chi connectivity index (χ0v) is 18.5. The van der Waals surface area contributed by atoms with E-state index in [-0.39, 0.29) is 35.5 Å². The Bertz CT molecular complexity index is 742. The van der Waals surface area contributed by atoms with Crippen LogP contribution in [0.2, 0.25) is 0 Å². The summed E-state index contributed by atoms with van der Waals surface area (Å²) in [6.45, 7) is 0.408. The standard InChI is InChI=1S/C16H23F3N4O3S.HI/c1-20-15(21-7-9-23-8-2-10-27(23,24)25)22-11-13-3-5-14(6-4-13)26-12-16(17,18)19;/h3-6H,2,7-12H2,1H3,(H2,20,21,22);1H. The third-order valence-corrected chi connectivity index (χ3v) is 5.82. The maximum absolute atomic E-state index is 12.1. The number of aliphatic imine (C=N–C) groups is 1. The van der Waals surface area contributed by atoms with Crippen molar-refractivity contribution in [2.45, 2.75) is 19.1 Å². The maximum atomic E-state index is 12.1. The summed E-state index contributed by atoms with van der Waals surface area (Å²) in [5, 5.41) is 6.09. The summed E-state index contributed by atoms with van der Waals surface area (Å²) >= 11 is 0. The summed E-state index contributed by atoms with van der Waals surface area (Å²) in [6.07, 6.45) is -3.72. The van der Waals surface area contributed by atoms with E-state index >= 15 is 0 Å². The molecule has 0 bridgehead atoms. The first-order valence-electron chi connectivity index (χ1n) is 8.40. The molecule has 7 nitrogen and oxygen atoms in total. The van der Waals surface area contributed by atoms with Crippen LogP contribution in [-0.4, -0.2) is 63.9 Å². The maximum Gasteiger partial charge on any atom is 0.422 e. The second kappa shape index (κ2) is 11.0. The first kappa shape index (κ1) is 24.8. The van der Waals surface area contributed by atoms with Crippen molar-refractivity contribution in [1.82, 2.24) is 14.9 Å². The second-order valence-corrected chi connectivity index (χ2v) is 8.06. The van der Waals surface area contributed by atoms with Gasteiger partial charge in [-0.2, -0.15) is 13.2 Å². The Morgan fingerprint density at radius 3 is 2.46 bits per heavy atom. The number of guanidine groups is 1. The fourth-order valence-electron chi connectivity index (χ4n) is 2.52. The van der Waals surface area contributed by atoms with Gasteiger partial charge in [0.15, 0.2) is 12.6 Å². The van der Waals surface area contributed by atoms with E-state index in [4.69, 9.17) is 0 Å². The zero-order chi connectivity index (χ0) is 19.9. The molecular formula is C16H24F3IN4O3S. The number of alkyl halides is 3. The van der Waals surface area contributed by atoms with E-state index < -0.39 is 22.8 Å². The van der Waals surface area contributed by atoms with Crippen LogP contribution in [0.4, 0.5) is 13.2 Å². The molecule has 1 fully saturated rings. The van der Waals surface area contributed by atoms with Crippen LogP contribution in [0.15, 0.2) is 29.3 Å². The minimum atomic E-state index is -4.37. The first-order chi connectivity index (χ1) is 12.7. The third kappa shape index (κ3) is 8.39. The summed E-state index contributed by atoms with van der Waals surface area (Å²) in [7, 11) is -1.52. The van der Waals surface area contributed by atoms with Crippen LogP contribution in [0.3, 0.4) is 0 Å². The predicted molar refractivity (Wildman–Crippen MR) is 112 cm³/mol. The van der Waals surface area contributed by atoms with E-state index in [1.165, 1.54) is 16.4 Å². The van der Waals surface area contributed by atoms with Crippen molar-refractivity contribution in [3.63, 3.8) is 0 Å². The number of hydrogen-bond donors (Lipinski definition) is 2. The highest BCUT2D eigenvalue weighted by atomic mass is 127. The van der Waals surface area contributed by atoms with Crippen LogP contribution < -0.4 is 15.4 Å². The molecule has 0 spiro atoms. The van der Waals surface area contributed by atoms with Crippen molar-refractivity contribution in [3.8, 4) is 5.75 Å². The van der Waals surface area contributed by atoms with Crippen molar-refractivity contribution < 1.29 is 26.3 Å². The molecule has 0 aliphatic carbocycles. The molecule has 0 saturated carbocycles. The zero-order valence-electron chi connectivity index (χ0n) is 15.3. The van der Waals surface area contributed by atoms with E-state index in [1.807, 2.05) is 0 Å².